The van der Waals surface area contributed by atoms with Crippen LogP contribution in [-0.2, 0) is 4.79 Å². The van der Waals surface area contributed by atoms with E-state index in [1.807, 2.05) is 0 Å². The second-order valence-corrected chi connectivity index (χ2v) is 6.29. The average molecular weight is 282 g/mol. The van der Waals surface area contributed by atoms with E-state index >= 15 is 0 Å². The molecule has 5 nitrogen and oxygen atoms in total. The summed E-state index contributed by atoms with van der Waals surface area (Å²) in [5.74, 6) is 0.320. The molecule has 2 aliphatic rings. The van der Waals surface area contributed by atoms with E-state index in [0.717, 1.165) is 31.6 Å². The summed E-state index contributed by atoms with van der Waals surface area (Å²) in [7, 11) is 0. The zero-order valence-corrected chi connectivity index (χ0v) is 12.2. The van der Waals surface area contributed by atoms with Crippen molar-refractivity contribution < 1.29 is 14.7 Å². The number of carboxylic acids is 1. The smallest absolute Gasteiger partial charge is 0.315 e. The number of carbonyl (C=O) groups is 2. The van der Waals surface area contributed by atoms with Crippen LogP contribution in [0.5, 0.6) is 0 Å². The van der Waals surface area contributed by atoms with Gasteiger partial charge in [-0.25, -0.2) is 4.79 Å². The Morgan fingerprint density at radius 1 is 1.15 bits per heavy atom. The Hall–Kier alpha value is -1.26. The highest BCUT2D eigenvalue weighted by molar-refractivity contribution is 5.76. The highest BCUT2D eigenvalue weighted by Gasteiger charge is 2.34. The summed E-state index contributed by atoms with van der Waals surface area (Å²) in [6.07, 6.45) is 7.75. The highest BCUT2D eigenvalue weighted by atomic mass is 16.4. The van der Waals surface area contributed by atoms with Gasteiger partial charge in [-0.2, -0.15) is 0 Å². The van der Waals surface area contributed by atoms with Crippen molar-refractivity contribution >= 4 is 12.0 Å². The van der Waals surface area contributed by atoms with E-state index in [0.29, 0.717) is 5.92 Å². The summed E-state index contributed by atoms with van der Waals surface area (Å²) >= 11 is 0. The molecule has 2 rings (SSSR count). The maximum atomic E-state index is 12.0. The second-order valence-electron chi connectivity index (χ2n) is 6.29. The number of carbonyl (C=O) groups excluding carboxylic acids is 1. The molecule has 114 valence electrons. The Labute approximate surface area is 120 Å². The molecule has 0 aliphatic heterocycles. The summed E-state index contributed by atoms with van der Waals surface area (Å²) in [5, 5.41) is 14.7. The van der Waals surface area contributed by atoms with Gasteiger partial charge in [-0.05, 0) is 50.4 Å². The summed E-state index contributed by atoms with van der Waals surface area (Å²) < 4.78 is 0. The van der Waals surface area contributed by atoms with Gasteiger partial charge < -0.3 is 15.7 Å². The van der Waals surface area contributed by atoms with Gasteiger partial charge in [0.25, 0.3) is 0 Å². The van der Waals surface area contributed by atoms with Gasteiger partial charge in [0.1, 0.15) is 0 Å². The average Bonchev–Trinajstić information content (AvgIpc) is 3.22. The molecule has 0 spiro atoms. The first kappa shape index (κ1) is 15.1. The van der Waals surface area contributed by atoms with Crippen molar-refractivity contribution in [1.29, 1.82) is 0 Å². The van der Waals surface area contributed by atoms with Gasteiger partial charge in [0.05, 0.1) is 6.42 Å². The predicted molar refractivity (Wildman–Crippen MR) is 76.5 cm³/mol. The number of urea groups is 1. The lowest BCUT2D eigenvalue weighted by Gasteiger charge is -2.29. The van der Waals surface area contributed by atoms with Crippen molar-refractivity contribution in [3.05, 3.63) is 0 Å². The third kappa shape index (κ3) is 4.69. The van der Waals surface area contributed by atoms with Crippen LogP contribution in [0.1, 0.15) is 58.3 Å². The molecule has 2 aliphatic carbocycles. The van der Waals surface area contributed by atoms with Crippen molar-refractivity contribution in [3.63, 3.8) is 0 Å². The Morgan fingerprint density at radius 2 is 1.80 bits per heavy atom. The van der Waals surface area contributed by atoms with Crippen LogP contribution in [0.25, 0.3) is 0 Å². The van der Waals surface area contributed by atoms with E-state index in [1.165, 1.54) is 19.3 Å². The maximum Gasteiger partial charge on any atom is 0.315 e. The molecule has 1 unspecified atom stereocenters. The lowest BCUT2D eigenvalue weighted by molar-refractivity contribution is -0.137. The molecule has 5 heteroatoms. The van der Waals surface area contributed by atoms with E-state index in [1.54, 1.807) is 0 Å². The highest BCUT2D eigenvalue weighted by Crippen LogP contribution is 2.34. The molecular weight excluding hydrogens is 256 g/mol. The van der Waals surface area contributed by atoms with Gasteiger partial charge in [0.2, 0.25) is 0 Å². The number of carboxylic acid groups (broad SMARTS) is 1. The largest absolute Gasteiger partial charge is 0.481 e. The predicted octanol–water partition coefficient (Wildman–Crippen LogP) is 2.51. The zero-order chi connectivity index (χ0) is 14.5. The Bertz CT molecular complexity index is 347. The molecule has 0 radical (unpaired) electrons. The molecule has 0 saturated heterocycles. The summed E-state index contributed by atoms with van der Waals surface area (Å²) in [6.45, 7) is 2.22. The molecular formula is C15H26N2O3. The molecule has 0 heterocycles. The van der Waals surface area contributed by atoms with E-state index in [-0.39, 0.29) is 24.5 Å². The molecule has 2 fully saturated rings. The molecule has 20 heavy (non-hydrogen) atoms. The van der Waals surface area contributed by atoms with E-state index in [9.17, 15) is 9.59 Å². The van der Waals surface area contributed by atoms with Gasteiger partial charge in [0.15, 0.2) is 0 Å². The van der Waals surface area contributed by atoms with E-state index in [4.69, 9.17) is 5.11 Å². The number of hydrogen-bond acceptors (Lipinski definition) is 2. The van der Waals surface area contributed by atoms with Crippen molar-refractivity contribution in [2.24, 2.45) is 11.8 Å². The summed E-state index contributed by atoms with van der Waals surface area (Å²) in [4.78, 5) is 22.8. The summed E-state index contributed by atoms with van der Waals surface area (Å²) in [6, 6.07) is -0.148. The van der Waals surface area contributed by atoms with Gasteiger partial charge in [-0.1, -0.05) is 13.3 Å². The van der Waals surface area contributed by atoms with Crippen LogP contribution >= 0.6 is 0 Å². The molecule has 0 aromatic rings. The minimum Gasteiger partial charge on any atom is -0.481 e. The van der Waals surface area contributed by atoms with Crippen LogP contribution in [-0.4, -0.2) is 29.2 Å². The lowest BCUT2D eigenvalue weighted by Crippen LogP contribution is -2.48. The van der Waals surface area contributed by atoms with Crippen LogP contribution in [0.2, 0.25) is 0 Å². The Morgan fingerprint density at radius 3 is 2.30 bits per heavy atom. The van der Waals surface area contributed by atoms with Crippen LogP contribution in [0, 0.1) is 11.8 Å². The lowest BCUT2D eigenvalue weighted by atomic mass is 9.84. The van der Waals surface area contributed by atoms with Crippen LogP contribution in [0.15, 0.2) is 0 Å². The third-order valence-electron chi connectivity index (χ3n) is 4.66. The molecule has 3 N–H and O–H groups in total. The fourth-order valence-corrected chi connectivity index (χ4v) is 3.13. The SMILES string of the molecule is CCC1CCC(NC(=O)NC(CC(=O)O)C2CC2)CC1. The fourth-order valence-electron chi connectivity index (χ4n) is 3.13. The first-order chi connectivity index (χ1) is 9.58. The number of rotatable bonds is 6. The molecule has 2 amide bonds. The van der Waals surface area contributed by atoms with Crippen molar-refractivity contribution in [2.75, 3.05) is 0 Å². The molecule has 2 saturated carbocycles. The van der Waals surface area contributed by atoms with Gasteiger partial charge in [-0.3, -0.25) is 4.79 Å². The number of hydrogen-bond donors (Lipinski definition) is 3. The minimum absolute atomic E-state index is 0.0284. The van der Waals surface area contributed by atoms with Crippen LogP contribution < -0.4 is 10.6 Å². The topological polar surface area (TPSA) is 78.4 Å². The first-order valence-corrected chi connectivity index (χ1v) is 7.87. The second kappa shape index (κ2) is 6.95. The van der Waals surface area contributed by atoms with Crippen molar-refractivity contribution in [1.82, 2.24) is 10.6 Å². The van der Waals surface area contributed by atoms with Crippen molar-refractivity contribution in [2.45, 2.75) is 70.4 Å². The van der Waals surface area contributed by atoms with Crippen molar-refractivity contribution in [3.8, 4) is 0 Å². The zero-order valence-electron chi connectivity index (χ0n) is 12.2. The van der Waals surface area contributed by atoms with Crippen LogP contribution in [0.3, 0.4) is 0 Å². The maximum absolute atomic E-state index is 12.0. The molecule has 0 bridgehead atoms. The Balaban J connectivity index is 1.72. The fraction of sp³-hybridized carbons (Fsp3) is 0.867. The van der Waals surface area contributed by atoms with Gasteiger partial charge >= 0.3 is 12.0 Å². The van der Waals surface area contributed by atoms with Gasteiger partial charge in [-0.15, -0.1) is 0 Å². The minimum atomic E-state index is -0.842. The van der Waals surface area contributed by atoms with Crippen LogP contribution in [0.4, 0.5) is 4.79 Å². The summed E-state index contributed by atoms with van der Waals surface area (Å²) in [5.41, 5.74) is 0. The monoisotopic (exact) mass is 282 g/mol. The van der Waals surface area contributed by atoms with Gasteiger partial charge in [0, 0.05) is 12.1 Å². The first-order valence-electron chi connectivity index (χ1n) is 7.87. The molecule has 0 aromatic carbocycles. The molecule has 1 atom stereocenters. The van der Waals surface area contributed by atoms with E-state index < -0.39 is 5.97 Å². The number of nitrogens with one attached hydrogen (secondary N) is 2. The third-order valence-corrected chi connectivity index (χ3v) is 4.66. The number of amides is 2. The Kier molecular flexibility index (Phi) is 5.26. The number of aliphatic carboxylic acids is 1. The van der Waals surface area contributed by atoms with E-state index in [2.05, 4.69) is 17.6 Å². The standard InChI is InChI=1S/C15H26N2O3/c1-2-10-3-7-12(8-4-10)16-15(20)17-13(9-14(18)19)11-5-6-11/h10-13H,2-9H2,1H3,(H,18,19)(H2,16,17,20). The normalized spacial score (nSPS) is 27.6. The quantitative estimate of drug-likeness (QED) is 0.700. The molecule has 0 aromatic heterocycles.